The van der Waals surface area contributed by atoms with Crippen LogP contribution in [0.4, 0.5) is 0 Å². The van der Waals surface area contributed by atoms with Gasteiger partial charge in [-0.2, -0.15) is 0 Å². The van der Waals surface area contributed by atoms with E-state index in [1.165, 1.54) is 25.7 Å². The summed E-state index contributed by atoms with van der Waals surface area (Å²) in [6.07, 6.45) is 9.37. The standard InChI is InChI=1S/C8H13NS2/c10-8(11)9-7-5-3-1-2-4-6-7/h3,5,7H,1-2,4,6H2,(H2,9,10,11). The van der Waals surface area contributed by atoms with E-state index in [4.69, 9.17) is 12.2 Å². The summed E-state index contributed by atoms with van der Waals surface area (Å²) in [5.41, 5.74) is 0. The van der Waals surface area contributed by atoms with Gasteiger partial charge >= 0.3 is 0 Å². The summed E-state index contributed by atoms with van der Waals surface area (Å²) in [6.45, 7) is 0. The molecule has 1 unspecified atom stereocenters. The van der Waals surface area contributed by atoms with Gasteiger partial charge in [-0.15, -0.1) is 12.6 Å². The van der Waals surface area contributed by atoms with Gasteiger partial charge in [-0.3, -0.25) is 0 Å². The Kier molecular flexibility index (Phi) is 3.94. The molecule has 0 saturated heterocycles. The first-order valence-electron chi connectivity index (χ1n) is 3.95. The molecule has 62 valence electrons. The summed E-state index contributed by atoms with van der Waals surface area (Å²) in [7, 11) is 0. The summed E-state index contributed by atoms with van der Waals surface area (Å²) in [5.74, 6) is 0. The highest BCUT2D eigenvalue weighted by atomic mass is 32.1. The van der Waals surface area contributed by atoms with Crippen molar-refractivity contribution >= 4 is 29.2 Å². The van der Waals surface area contributed by atoms with Gasteiger partial charge in [-0.25, -0.2) is 0 Å². The zero-order valence-electron chi connectivity index (χ0n) is 6.42. The van der Waals surface area contributed by atoms with Crippen LogP contribution in [0.2, 0.25) is 0 Å². The van der Waals surface area contributed by atoms with Gasteiger partial charge in [0.1, 0.15) is 4.32 Å². The first-order valence-corrected chi connectivity index (χ1v) is 4.81. The van der Waals surface area contributed by atoms with E-state index in [1.54, 1.807) is 0 Å². The molecule has 0 amide bonds. The first kappa shape index (κ1) is 9.07. The summed E-state index contributed by atoms with van der Waals surface area (Å²) in [6, 6.07) is 0.419. The number of hydrogen-bond donors (Lipinski definition) is 2. The molecule has 0 aliphatic heterocycles. The summed E-state index contributed by atoms with van der Waals surface area (Å²) >= 11 is 8.87. The van der Waals surface area contributed by atoms with Crippen LogP contribution >= 0.6 is 24.8 Å². The van der Waals surface area contributed by atoms with Crippen molar-refractivity contribution < 1.29 is 0 Å². The smallest absolute Gasteiger partial charge is 0.131 e. The van der Waals surface area contributed by atoms with Crippen LogP contribution < -0.4 is 5.32 Å². The third-order valence-corrected chi connectivity index (χ3v) is 2.06. The largest absolute Gasteiger partial charge is 0.365 e. The molecule has 0 aromatic carbocycles. The quantitative estimate of drug-likeness (QED) is 0.371. The lowest BCUT2D eigenvalue weighted by Crippen LogP contribution is -2.28. The van der Waals surface area contributed by atoms with Gasteiger partial charge < -0.3 is 5.32 Å². The fourth-order valence-electron chi connectivity index (χ4n) is 1.26. The highest BCUT2D eigenvalue weighted by Gasteiger charge is 2.06. The molecule has 1 aliphatic rings. The van der Waals surface area contributed by atoms with Crippen molar-refractivity contribution in [1.82, 2.24) is 5.32 Å². The van der Waals surface area contributed by atoms with Crippen LogP contribution in [0.3, 0.4) is 0 Å². The van der Waals surface area contributed by atoms with Crippen LogP contribution in [0.1, 0.15) is 25.7 Å². The molecular formula is C8H13NS2. The molecule has 1 nitrogen and oxygen atoms in total. The van der Waals surface area contributed by atoms with Gasteiger partial charge in [-0.1, -0.05) is 30.8 Å². The third kappa shape index (κ3) is 3.77. The molecule has 0 heterocycles. The molecule has 1 N–H and O–H groups in total. The Morgan fingerprint density at radius 2 is 2.36 bits per heavy atom. The normalized spacial score (nSPS) is 24.3. The number of nitrogens with one attached hydrogen (secondary N) is 1. The van der Waals surface area contributed by atoms with Crippen molar-refractivity contribution in [3.05, 3.63) is 12.2 Å². The zero-order valence-corrected chi connectivity index (χ0v) is 8.13. The maximum absolute atomic E-state index is 4.84. The average Bonchev–Trinajstić information content (AvgIpc) is 2.14. The monoisotopic (exact) mass is 187 g/mol. The van der Waals surface area contributed by atoms with Crippen molar-refractivity contribution in [1.29, 1.82) is 0 Å². The molecule has 0 bridgehead atoms. The van der Waals surface area contributed by atoms with E-state index < -0.39 is 0 Å². The fraction of sp³-hybridized carbons (Fsp3) is 0.625. The topological polar surface area (TPSA) is 12.0 Å². The maximum Gasteiger partial charge on any atom is 0.131 e. The minimum absolute atomic E-state index is 0.419. The Morgan fingerprint density at radius 1 is 1.55 bits per heavy atom. The van der Waals surface area contributed by atoms with Crippen molar-refractivity contribution in [2.24, 2.45) is 0 Å². The second-order valence-electron chi connectivity index (χ2n) is 2.77. The Morgan fingerprint density at radius 3 is 3.09 bits per heavy atom. The van der Waals surface area contributed by atoms with E-state index in [2.05, 4.69) is 30.1 Å². The molecule has 0 aromatic heterocycles. The predicted molar refractivity (Wildman–Crippen MR) is 56.1 cm³/mol. The molecule has 3 heteroatoms. The highest BCUT2D eigenvalue weighted by Crippen LogP contribution is 2.10. The van der Waals surface area contributed by atoms with E-state index in [0.717, 1.165) is 0 Å². The molecule has 11 heavy (non-hydrogen) atoms. The second-order valence-corrected chi connectivity index (χ2v) is 3.93. The Hall–Kier alpha value is -0.0200. The van der Waals surface area contributed by atoms with Crippen molar-refractivity contribution in [2.45, 2.75) is 31.7 Å². The van der Waals surface area contributed by atoms with Crippen molar-refractivity contribution in [3.8, 4) is 0 Å². The Balaban J connectivity index is 2.36. The summed E-state index contributed by atoms with van der Waals surface area (Å²) in [5, 5.41) is 3.13. The summed E-state index contributed by atoms with van der Waals surface area (Å²) in [4.78, 5) is 0. The van der Waals surface area contributed by atoms with E-state index >= 15 is 0 Å². The van der Waals surface area contributed by atoms with Gasteiger partial charge in [-0.05, 0) is 19.3 Å². The minimum Gasteiger partial charge on any atom is -0.365 e. The number of allylic oxidation sites excluding steroid dienone is 1. The van der Waals surface area contributed by atoms with Gasteiger partial charge in [0.05, 0.1) is 0 Å². The second kappa shape index (κ2) is 4.78. The number of thiocarbonyl (C=S) groups is 1. The number of rotatable bonds is 1. The van der Waals surface area contributed by atoms with Gasteiger partial charge in [0.25, 0.3) is 0 Å². The highest BCUT2D eigenvalue weighted by molar-refractivity contribution is 8.11. The molecule has 0 radical (unpaired) electrons. The van der Waals surface area contributed by atoms with E-state index in [1.807, 2.05) is 0 Å². The summed E-state index contributed by atoms with van der Waals surface area (Å²) < 4.78 is 0.599. The van der Waals surface area contributed by atoms with E-state index in [-0.39, 0.29) is 0 Å². The molecule has 0 spiro atoms. The molecule has 0 saturated carbocycles. The van der Waals surface area contributed by atoms with Crippen LogP contribution in [0.5, 0.6) is 0 Å². The first-order chi connectivity index (χ1) is 5.29. The lowest BCUT2D eigenvalue weighted by Gasteiger charge is -2.12. The minimum atomic E-state index is 0.419. The zero-order chi connectivity index (χ0) is 8.10. The molecule has 1 rings (SSSR count). The van der Waals surface area contributed by atoms with Crippen LogP contribution in [-0.2, 0) is 0 Å². The van der Waals surface area contributed by atoms with Gasteiger partial charge in [0.15, 0.2) is 0 Å². The molecule has 0 aromatic rings. The lowest BCUT2D eigenvalue weighted by molar-refractivity contribution is 0.623. The molecule has 1 atom stereocenters. The van der Waals surface area contributed by atoms with Crippen molar-refractivity contribution in [3.63, 3.8) is 0 Å². The average molecular weight is 187 g/mol. The van der Waals surface area contributed by atoms with E-state index in [0.29, 0.717) is 10.4 Å². The SMILES string of the molecule is S=C(S)NC1C=CCCCC1. The fourth-order valence-corrected chi connectivity index (χ4v) is 1.58. The maximum atomic E-state index is 4.84. The lowest BCUT2D eigenvalue weighted by atomic mass is 10.1. The van der Waals surface area contributed by atoms with Crippen LogP contribution in [0.25, 0.3) is 0 Å². The Bertz CT molecular complexity index is 165. The van der Waals surface area contributed by atoms with Crippen LogP contribution in [0.15, 0.2) is 12.2 Å². The Labute approximate surface area is 78.7 Å². The van der Waals surface area contributed by atoms with E-state index in [9.17, 15) is 0 Å². The molecule has 1 aliphatic carbocycles. The van der Waals surface area contributed by atoms with Crippen molar-refractivity contribution in [2.75, 3.05) is 0 Å². The van der Waals surface area contributed by atoms with Crippen LogP contribution in [-0.4, -0.2) is 10.4 Å². The van der Waals surface area contributed by atoms with Gasteiger partial charge in [0.2, 0.25) is 0 Å². The van der Waals surface area contributed by atoms with Crippen LogP contribution in [0, 0.1) is 0 Å². The predicted octanol–water partition coefficient (Wildman–Crippen LogP) is 2.29. The number of hydrogen-bond acceptors (Lipinski definition) is 1. The number of thiol groups is 1. The van der Waals surface area contributed by atoms with Gasteiger partial charge in [0, 0.05) is 6.04 Å². The molecular weight excluding hydrogens is 174 g/mol. The third-order valence-electron chi connectivity index (χ3n) is 1.81. The molecule has 0 fully saturated rings.